The van der Waals surface area contributed by atoms with Crippen molar-refractivity contribution in [2.24, 2.45) is 0 Å². The molecule has 0 radical (unpaired) electrons. The van der Waals surface area contributed by atoms with Crippen molar-refractivity contribution in [1.29, 1.82) is 0 Å². The summed E-state index contributed by atoms with van der Waals surface area (Å²) in [5.74, 6) is 0. The predicted octanol–water partition coefficient (Wildman–Crippen LogP) is 3.40. The molecule has 1 rings (SSSR count). The van der Waals surface area contributed by atoms with Crippen molar-refractivity contribution in [1.82, 2.24) is 0 Å². The first-order valence-electron chi connectivity index (χ1n) is 4.06. The maximum atomic E-state index is 3.04. The highest BCUT2D eigenvalue weighted by atomic mass is 35.5. The molecule has 1 unspecified atom stereocenters. The van der Waals surface area contributed by atoms with Crippen molar-refractivity contribution in [3.63, 3.8) is 0 Å². The Morgan fingerprint density at radius 3 is 2.00 bits per heavy atom. The van der Waals surface area contributed by atoms with Gasteiger partial charge < -0.3 is 0 Å². The average Bonchev–Trinajstić information content (AvgIpc) is 1.90. The van der Waals surface area contributed by atoms with Crippen LogP contribution in [0.15, 0.2) is 0 Å². The van der Waals surface area contributed by atoms with Gasteiger partial charge >= 0.3 is 0 Å². The minimum atomic E-state index is 0. The molecular formula is C8H18ClP. The van der Waals surface area contributed by atoms with E-state index >= 15 is 0 Å². The summed E-state index contributed by atoms with van der Waals surface area (Å²) in [6.45, 7) is 2.30. The first kappa shape index (κ1) is 10.7. The Morgan fingerprint density at radius 1 is 1.20 bits per heavy atom. The summed E-state index contributed by atoms with van der Waals surface area (Å²) < 4.78 is 0. The normalized spacial score (nSPS) is 23.4. The molecule has 1 aliphatic rings. The minimum Gasteiger partial charge on any atom is -0.147 e. The van der Waals surface area contributed by atoms with Crippen LogP contribution >= 0.6 is 21.6 Å². The van der Waals surface area contributed by atoms with E-state index in [9.17, 15) is 0 Å². The molecule has 0 aromatic heterocycles. The van der Waals surface area contributed by atoms with Gasteiger partial charge in [-0.15, -0.1) is 21.6 Å². The van der Waals surface area contributed by atoms with Gasteiger partial charge in [0.15, 0.2) is 0 Å². The molecule has 0 aromatic carbocycles. The van der Waals surface area contributed by atoms with Crippen LogP contribution in [-0.2, 0) is 0 Å². The molecule has 0 bridgehead atoms. The fraction of sp³-hybridized carbons (Fsp3) is 1.00. The number of hydrogen-bond donors (Lipinski definition) is 0. The standard InChI is InChI=1S/C8H17P.ClH/c1-2-8(9)6-4-3-5-7-8;/h2-7,9H2,1H3;1H. The quantitative estimate of drug-likeness (QED) is 0.543. The molecule has 1 saturated carbocycles. The lowest BCUT2D eigenvalue weighted by molar-refractivity contribution is 0.388. The SMILES string of the molecule is CCC1(P)CCCCC1.Cl. The van der Waals surface area contributed by atoms with Crippen molar-refractivity contribution in [2.45, 2.75) is 50.6 Å². The van der Waals surface area contributed by atoms with Crippen LogP contribution in [0.2, 0.25) is 0 Å². The van der Waals surface area contributed by atoms with Crippen LogP contribution in [0.25, 0.3) is 0 Å². The first-order chi connectivity index (χ1) is 4.27. The highest BCUT2D eigenvalue weighted by molar-refractivity contribution is 7.19. The van der Waals surface area contributed by atoms with E-state index in [0.717, 1.165) is 0 Å². The monoisotopic (exact) mass is 180 g/mol. The number of halogens is 1. The Morgan fingerprint density at radius 2 is 1.70 bits per heavy atom. The Bertz CT molecular complexity index is 87.3. The second-order valence-corrected chi connectivity index (χ2v) is 4.50. The third kappa shape index (κ3) is 2.76. The molecule has 0 amide bonds. The zero-order chi connectivity index (χ0) is 6.74. The Labute approximate surface area is 72.8 Å². The summed E-state index contributed by atoms with van der Waals surface area (Å²) in [5.41, 5.74) is 0. The van der Waals surface area contributed by atoms with Crippen LogP contribution < -0.4 is 0 Å². The molecule has 0 heterocycles. The van der Waals surface area contributed by atoms with E-state index in [1.807, 2.05) is 0 Å². The van der Waals surface area contributed by atoms with Gasteiger partial charge in [-0.1, -0.05) is 26.2 Å². The van der Waals surface area contributed by atoms with Gasteiger partial charge in [-0.25, -0.2) is 0 Å². The first-order valence-corrected chi connectivity index (χ1v) is 4.63. The molecule has 0 aromatic rings. The highest BCUT2D eigenvalue weighted by Crippen LogP contribution is 2.38. The van der Waals surface area contributed by atoms with Crippen LogP contribution in [-0.4, -0.2) is 5.16 Å². The Kier molecular flexibility index (Phi) is 4.90. The van der Waals surface area contributed by atoms with Crippen molar-refractivity contribution in [2.75, 3.05) is 0 Å². The van der Waals surface area contributed by atoms with Crippen molar-refractivity contribution in [3.05, 3.63) is 0 Å². The third-order valence-electron chi connectivity index (χ3n) is 2.55. The minimum absolute atomic E-state index is 0. The average molecular weight is 181 g/mol. The smallest absolute Gasteiger partial charge is 0.0153 e. The van der Waals surface area contributed by atoms with Crippen molar-refractivity contribution in [3.8, 4) is 0 Å². The van der Waals surface area contributed by atoms with Gasteiger partial charge in [0.2, 0.25) is 0 Å². The maximum absolute atomic E-state index is 3.04. The molecule has 2 heteroatoms. The number of rotatable bonds is 1. The van der Waals surface area contributed by atoms with Crippen LogP contribution in [0.5, 0.6) is 0 Å². The Balaban J connectivity index is 0.000000810. The van der Waals surface area contributed by atoms with Gasteiger partial charge in [0.1, 0.15) is 0 Å². The molecular weight excluding hydrogens is 163 g/mol. The lowest BCUT2D eigenvalue weighted by Gasteiger charge is -2.31. The van der Waals surface area contributed by atoms with Crippen LogP contribution in [0.4, 0.5) is 0 Å². The molecule has 0 N–H and O–H groups in total. The molecule has 62 valence electrons. The summed E-state index contributed by atoms with van der Waals surface area (Å²) in [7, 11) is 3.04. The topological polar surface area (TPSA) is 0 Å². The van der Waals surface area contributed by atoms with Crippen LogP contribution in [0.3, 0.4) is 0 Å². The zero-order valence-electron chi connectivity index (χ0n) is 6.73. The zero-order valence-corrected chi connectivity index (χ0v) is 8.70. The second-order valence-electron chi connectivity index (χ2n) is 3.28. The van der Waals surface area contributed by atoms with Crippen LogP contribution in [0, 0.1) is 0 Å². The van der Waals surface area contributed by atoms with Crippen molar-refractivity contribution >= 4 is 21.6 Å². The summed E-state index contributed by atoms with van der Waals surface area (Å²) in [5, 5.41) is 0.637. The van der Waals surface area contributed by atoms with E-state index < -0.39 is 0 Å². The fourth-order valence-electron chi connectivity index (χ4n) is 1.61. The summed E-state index contributed by atoms with van der Waals surface area (Å²) in [6, 6.07) is 0. The third-order valence-corrected chi connectivity index (χ3v) is 3.54. The molecule has 0 saturated heterocycles. The van der Waals surface area contributed by atoms with Gasteiger partial charge in [0.05, 0.1) is 0 Å². The lowest BCUT2D eigenvalue weighted by Crippen LogP contribution is -2.22. The molecule has 10 heavy (non-hydrogen) atoms. The number of hydrogen-bond acceptors (Lipinski definition) is 0. The maximum Gasteiger partial charge on any atom is -0.0153 e. The van der Waals surface area contributed by atoms with E-state index in [0.29, 0.717) is 5.16 Å². The molecule has 1 fully saturated rings. The van der Waals surface area contributed by atoms with Gasteiger partial charge in [0, 0.05) is 0 Å². The van der Waals surface area contributed by atoms with E-state index in [-0.39, 0.29) is 12.4 Å². The van der Waals surface area contributed by atoms with E-state index in [1.165, 1.54) is 38.5 Å². The van der Waals surface area contributed by atoms with Crippen LogP contribution in [0.1, 0.15) is 45.4 Å². The molecule has 0 spiro atoms. The van der Waals surface area contributed by atoms with Gasteiger partial charge in [-0.05, 0) is 24.4 Å². The van der Waals surface area contributed by atoms with E-state index in [4.69, 9.17) is 0 Å². The Hall–Kier alpha value is 0.720. The van der Waals surface area contributed by atoms with Gasteiger partial charge in [-0.2, -0.15) is 0 Å². The lowest BCUT2D eigenvalue weighted by atomic mass is 9.86. The highest BCUT2D eigenvalue weighted by Gasteiger charge is 2.23. The van der Waals surface area contributed by atoms with E-state index in [2.05, 4.69) is 16.2 Å². The predicted molar refractivity (Wildman–Crippen MR) is 53.1 cm³/mol. The summed E-state index contributed by atoms with van der Waals surface area (Å²) in [4.78, 5) is 0. The summed E-state index contributed by atoms with van der Waals surface area (Å²) >= 11 is 0. The molecule has 1 atom stereocenters. The molecule has 0 nitrogen and oxygen atoms in total. The van der Waals surface area contributed by atoms with E-state index in [1.54, 1.807) is 0 Å². The summed E-state index contributed by atoms with van der Waals surface area (Å²) in [6.07, 6.45) is 8.60. The fourth-order valence-corrected chi connectivity index (χ4v) is 2.02. The van der Waals surface area contributed by atoms with Gasteiger partial charge in [0.25, 0.3) is 0 Å². The molecule has 0 aliphatic heterocycles. The second kappa shape index (κ2) is 4.57. The van der Waals surface area contributed by atoms with Gasteiger partial charge in [-0.3, -0.25) is 0 Å². The largest absolute Gasteiger partial charge is 0.147 e. The van der Waals surface area contributed by atoms with Crippen molar-refractivity contribution < 1.29 is 0 Å². The molecule has 1 aliphatic carbocycles.